The number of amides is 1. The highest BCUT2D eigenvalue weighted by Gasteiger charge is 2.18. The molecule has 0 bridgehead atoms. The van der Waals surface area contributed by atoms with Crippen molar-refractivity contribution in [2.45, 2.75) is 0 Å². The van der Waals surface area contributed by atoms with Crippen LogP contribution in [-0.2, 0) is 0 Å². The van der Waals surface area contributed by atoms with Gasteiger partial charge in [-0.1, -0.05) is 52.9 Å². The van der Waals surface area contributed by atoms with Crippen molar-refractivity contribution in [3.8, 4) is 0 Å². The first-order valence-electron chi connectivity index (χ1n) is 8.61. The van der Waals surface area contributed by atoms with Gasteiger partial charge in [0.2, 0.25) is 0 Å². The minimum atomic E-state index is -0.408. The average Bonchev–Trinajstić information content (AvgIpc) is 3.37. The first-order valence-corrected chi connectivity index (χ1v) is 8.61. The Labute approximate surface area is 158 Å². The Kier molecular flexibility index (Phi) is 3.72. The first kappa shape index (κ1) is 16.0. The van der Waals surface area contributed by atoms with Crippen LogP contribution in [-0.4, -0.2) is 41.9 Å². The third-order valence-electron chi connectivity index (χ3n) is 4.30. The van der Waals surface area contributed by atoms with E-state index < -0.39 is 5.91 Å². The van der Waals surface area contributed by atoms with Crippen LogP contribution in [0.5, 0.6) is 0 Å². The number of nitrogens with zero attached hydrogens (tertiary/aromatic N) is 7. The summed E-state index contributed by atoms with van der Waals surface area (Å²) < 4.78 is 2.99. The van der Waals surface area contributed by atoms with E-state index in [1.165, 1.54) is 9.36 Å². The van der Waals surface area contributed by atoms with E-state index in [-0.39, 0.29) is 5.96 Å². The normalized spacial score (nSPS) is 11.0. The first-order chi connectivity index (χ1) is 13.8. The molecule has 8 heteroatoms. The number of carbonyl (C=O) groups excluding carboxylic acids is 1. The van der Waals surface area contributed by atoms with Crippen LogP contribution in [0.4, 0.5) is 0 Å². The fourth-order valence-electron chi connectivity index (χ4n) is 2.95. The zero-order chi connectivity index (χ0) is 18.9. The maximum atomic E-state index is 12.8. The predicted molar refractivity (Wildman–Crippen MR) is 104 cm³/mol. The standard InChI is InChI=1S/C20H13N7O/c28-19(14-8-2-1-3-9-14)21-20(26-17-12-6-4-10-15(17)22-24-26)27-18-13-7-5-11-16(18)23-25-27/h1-13H. The van der Waals surface area contributed by atoms with Gasteiger partial charge in [-0.2, -0.15) is 14.4 Å². The largest absolute Gasteiger partial charge is 0.280 e. The van der Waals surface area contributed by atoms with Gasteiger partial charge in [-0.25, -0.2) is 0 Å². The van der Waals surface area contributed by atoms with Crippen molar-refractivity contribution >= 4 is 33.9 Å². The lowest BCUT2D eigenvalue weighted by Crippen LogP contribution is -2.25. The molecule has 2 aromatic heterocycles. The van der Waals surface area contributed by atoms with E-state index in [9.17, 15) is 4.79 Å². The molecule has 0 aliphatic carbocycles. The molecule has 0 N–H and O–H groups in total. The van der Waals surface area contributed by atoms with Crippen LogP contribution in [0.15, 0.2) is 83.9 Å². The molecule has 0 unspecified atom stereocenters. The van der Waals surface area contributed by atoms with E-state index >= 15 is 0 Å². The Bertz CT molecular complexity index is 1260. The molecule has 0 saturated heterocycles. The molecule has 0 saturated carbocycles. The topological polar surface area (TPSA) is 90.8 Å². The summed E-state index contributed by atoms with van der Waals surface area (Å²) in [6.07, 6.45) is 0. The van der Waals surface area contributed by atoms with Crippen molar-refractivity contribution in [3.05, 3.63) is 84.4 Å². The van der Waals surface area contributed by atoms with Gasteiger partial charge in [-0.15, -0.1) is 10.2 Å². The minimum absolute atomic E-state index is 0.205. The molecule has 1 amide bonds. The maximum Gasteiger partial charge on any atom is 0.280 e. The van der Waals surface area contributed by atoms with E-state index in [2.05, 4.69) is 25.6 Å². The Morgan fingerprint density at radius 3 is 1.75 bits per heavy atom. The van der Waals surface area contributed by atoms with Crippen molar-refractivity contribution in [1.29, 1.82) is 0 Å². The Hall–Kier alpha value is -4.20. The molecule has 5 aromatic rings. The Balaban J connectivity index is 1.75. The monoisotopic (exact) mass is 367 g/mol. The fraction of sp³-hybridized carbons (Fsp3) is 0. The van der Waals surface area contributed by atoms with Gasteiger partial charge in [0.05, 0.1) is 11.0 Å². The molecular formula is C20H13N7O. The second-order valence-corrected chi connectivity index (χ2v) is 6.06. The summed E-state index contributed by atoms with van der Waals surface area (Å²) in [7, 11) is 0. The summed E-state index contributed by atoms with van der Waals surface area (Å²) in [6.45, 7) is 0. The number of carbonyl (C=O) groups is 1. The number of fused-ring (bicyclic) bond motifs is 2. The van der Waals surface area contributed by atoms with Gasteiger partial charge in [0.15, 0.2) is 0 Å². The highest BCUT2D eigenvalue weighted by molar-refractivity contribution is 6.06. The highest BCUT2D eigenvalue weighted by Crippen LogP contribution is 2.15. The van der Waals surface area contributed by atoms with Crippen LogP contribution in [0.1, 0.15) is 10.4 Å². The van der Waals surface area contributed by atoms with E-state index in [1.54, 1.807) is 24.3 Å². The predicted octanol–water partition coefficient (Wildman–Crippen LogP) is 2.77. The molecule has 0 aliphatic heterocycles. The number of hydrogen-bond acceptors (Lipinski definition) is 5. The molecule has 3 aromatic carbocycles. The number of rotatable bonds is 1. The number of hydrogen-bond donors (Lipinski definition) is 0. The summed E-state index contributed by atoms with van der Waals surface area (Å²) in [5.41, 5.74) is 3.26. The molecule has 8 nitrogen and oxygen atoms in total. The van der Waals surface area contributed by atoms with Crippen LogP contribution in [0, 0.1) is 0 Å². The van der Waals surface area contributed by atoms with Crippen LogP contribution in [0.3, 0.4) is 0 Å². The molecule has 0 radical (unpaired) electrons. The average molecular weight is 367 g/mol. The molecular weight excluding hydrogens is 354 g/mol. The third kappa shape index (κ3) is 2.64. The van der Waals surface area contributed by atoms with Crippen molar-refractivity contribution < 1.29 is 4.79 Å². The van der Waals surface area contributed by atoms with Gasteiger partial charge in [0, 0.05) is 5.56 Å². The van der Waals surface area contributed by atoms with Crippen LogP contribution >= 0.6 is 0 Å². The summed E-state index contributed by atoms with van der Waals surface area (Å²) >= 11 is 0. The van der Waals surface area contributed by atoms with E-state index in [4.69, 9.17) is 0 Å². The SMILES string of the molecule is O=C(N=C(n1nnc2ccccc21)n1nnc2ccccc21)c1ccccc1. The molecule has 5 rings (SSSR count). The number of benzene rings is 3. The second-order valence-electron chi connectivity index (χ2n) is 6.06. The zero-order valence-electron chi connectivity index (χ0n) is 14.5. The van der Waals surface area contributed by atoms with E-state index in [0.717, 1.165) is 0 Å². The number of para-hydroxylation sites is 2. The van der Waals surface area contributed by atoms with Gasteiger partial charge in [-0.3, -0.25) is 4.79 Å². The second kappa shape index (κ2) is 6.51. The van der Waals surface area contributed by atoms with Crippen molar-refractivity contribution in [1.82, 2.24) is 30.0 Å². The highest BCUT2D eigenvalue weighted by atomic mass is 16.1. The molecule has 2 heterocycles. The van der Waals surface area contributed by atoms with Crippen LogP contribution in [0.25, 0.3) is 22.1 Å². The van der Waals surface area contributed by atoms with Crippen LogP contribution < -0.4 is 0 Å². The van der Waals surface area contributed by atoms with Gasteiger partial charge in [0.1, 0.15) is 11.0 Å². The molecule has 0 atom stereocenters. The smallest absolute Gasteiger partial charge is 0.267 e. The number of aliphatic imine (C=N–C) groups is 1. The van der Waals surface area contributed by atoms with Gasteiger partial charge in [-0.05, 0) is 36.4 Å². The maximum absolute atomic E-state index is 12.8. The summed E-state index contributed by atoms with van der Waals surface area (Å²) in [5, 5.41) is 16.7. The molecule has 134 valence electrons. The minimum Gasteiger partial charge on any atom is -0.267 e. The molecule has 0 aliphatic rings. The van der Waals surface area contributed by atoms with Gasteiger partial charge >= 0.3 is 0 Å². The van der Waals surface area contributed by atoms with Crippen LogP contribution in [0.2, 0.25) is 0 Å². The Morgan fingerprint density at radius 2 is 1.18 bits per heavy atom. The number of aromatic nitrogens is 6. The summed E-state index contributed by atoms with van der Waals surface area (Å²) in [4.78, 5) is 17.1. The third-order valence-corrected chi connectivity index (χ3v) is 4.30. The van der Waals surface area contributed by atoms with Crippen molar-refractivity contribution in [3.63, 3.8) is 0 Å². The van der Waals surface area contributed by atoms with E-state index in [1.807, 2.05) is 54.6 Å². The quantitative estimate of drug-likeness (QED) is 0.336. The lowest BCUT2D eigenvalue weighted by atomic mass is 10.2. The zero-order valence-corrected chi connectivity index (χ0v) is 14.5. The lowest BCUT2D eigenvalue weighted by Gasteiger charge is -2.07. The van der Waals surface area contributed by atoms with E-state index in [0.29, 0.717) is 27.6 Å². The fourth-order valence-corrected chi connectivity index (χ4v) is 2.95. The van der Waals surface area contributed by atoms with Crippen molar-refractivity contribution in [2.75, 3.05) is 0 Å². The molecule has 0 fully saturated rings. The van der Waals surface area contributed by atoms with Crippen molar-refractivity contribution in [2.24, 2.45) is 4.99 Å². The lowest BCUT2D eigenvalue weighted by molar-refractivity contribution is 0.100. The Morgan fingerprint density at radius 1 is 0.679 bits per heavy atom. The summed E-state index contributed by atoms with van der Waals surface area (Å²) in [5.74, 6) is -0.203. The van der Waals surface area contributed by atoms with Gasteiger partial charge < -0.3 is 0 Å². The molecule has 28 heavy (non-hydrogen) atoms. The summed E-state index contributed by atoms with van der Waals surface area (Å²) in [6, 6.07) is 23.7. The van der Waals surface area contributed by atoms with Gasteiger partial charge in [0.25, 0.3) is 11.9 Å². The molecule has 0 spiro atoms.